The van der Waals surface area contributed by atoms with Crippen molar-refractivity contribution in [3.8, 4) is 5.75 Å². The lowest BCUT2D eigenvalue weighted by Gasteiger charge is -2.15. The predicted octanol–water partition coefficient (Wildman–Crippen LogP) is 4.29. The van der Waals surface area contributed by atoms with Gasteiger partial charge in [-0.2, -0.15) is 0 Å². The number of nitrogens with zero attached hydrogens (tertiary/aromatic N) is 1. The number of rotatable bonds is 5. The van der Waals surface area contributed by atoms with Crippen molar-refractivity contribution < 1.29 is 18.7 Å². The van der Waals surface area contributed by atoms with Gasteiger partial charge in [0.1, 0.15) is 17.3 Å². The fraction of sp³-hybridized carbons (Fsp3) is 0.0476. The average Bonchev–Trinajstić information content (AvgIpc) is 3.31. The topological polar surface area (TPSA) is 58.6 Å². The summed E-state index contributed by atoms with van der Waals surface area (Å²) in [7, 11) is 1.54. The van der Waals surface area contributed by atoms with Crippen molar-refractivity contribution >= 4 is 40.1 Å². The van der Waals surface area contributed by atoms with Gasteiger partial charge in [0.2, 0.25) is 0 Å². The summed E-state index contributed by atoms with van der Waals surface area (Å²) < 4.78 is 18.3. The fourth-order valence-corrected chi connectivity index (χ4v) is 3.71. The van der Waals surface area contributed by atoms with Crippen LogP contribution in [0.3, 0.4) is 0 Å². The third-order valence-electron chi connectivity index (χ3n) is 4.30. The lowest BCUT2D eigenvalue weighted by atomic mass is 10.2. The van der Waals surface area contributed by atoms with Gasteiger partial charge >= 0.3 is 0 Å². The molecule has 0 saturated carbocycles. The van der Waals surface area contributed by atoms with Crippen LogP contribution < -0.4 is 15.0 Å². The first-order valence-corrected chi connectivity index (χ1v) is 9.30. The number of benzene rings is 2. The van der Waals surface area contributed by atoms with Gasteiger partial charge in [-0.1, -0.05) is 6.07 Å². The molecule has 2 amide bonds. The van der Waals surface area contributed by atoms with Crippen molar-refractivity contribution in [2.24, 2.45) is 0 Å². The van der Waals surface area contributed by atoms with Crippen LogP contribution >= 0.6 is 11.3 Å². The zero-order chi connectivity index (χ0) is 19.7. The highest BCUT2D eigenvalue weighted by atomic mass is 32.1. The van der Waals surface area contributed by atoms with E-state index in [-0.39, 0.29) is 11.5 Å². The lowest BCUT2D eigenvalue weighted by molar-refractivity contribution is -0.120. The minimum absolute atomic E-state index is 0.162. The molecule has 0 saturated heterocycles. The quantitative estimate of drug-likeness (QED) is 0.656. The number of halogens is 1. The fourth-order valence-electron chi connectivity index (χ4n) is 2.94. The first kappa shape index (κ1) is 17.9. The third-order valence-corrected chi connectivity index (χ3v) is 5.18. The number of anilines is 2. The Morgan fingerprint density at radius 3 is 2.29 bits per heavy atom. The monoisotopic (exact) mass is 394 g/mol. The molecule has 1 N–H and O–H groups in total. The van der Waals surface area contributed by atoms with E-state index < -0.39 is 11.8 Å². The molecule has 28 heavy (non-hydrogen) atoms. The molecular formula is C21H15FN2O3S. The van der Waals surface area contributed by atoms with Gasteiger partial charge in [-0.05, 0) is 60.0 Å². The van der Waals surface area contributed by atoms with Crippen LogP contribution in [-0.2, 0) is 9.59 Å². The van der Waals surface area contributed by atoms with Gasteiger partial charge in [0.25, 0.3) is 11.8 Å². The van der Waals surface area contributed by atoms with Crippen molar-refractivity contribution in [1.29, 1.82) is 0 Å². The number of imide groups is 1. The Morgan fingerprint density at radius 2 is 1.68 bits per heavy atom. The smallest absolute Gasteiger partial charge is 0.282 e. The summed E-state index contributed by atoms with van der Waals surface area (Å²) in [5.41, 5.74) is 1.42. The number of carbonyl (C=O) groups excluding carboxylic acids is 2. The molecule has 0 spiro atoms. The number of carbonyl (C=O) groups is 2. The van der Waals surface area contributed by atoms with Crippen LogP contribution in [0.4, 0.5) is 15.8 Å². The molecule has 0 fully saturated rings. The molecule has 1 aromatic heterocycles. The zero-order valence-electron chi connectivity index (χ0n) is 14.8. The van der Waals surface area contributed by atoms with Crippen molar-refractivity contribution in [1.82, 2.24) is 0 Å². The van der Waals surface area contributed by atoms with E-state index in [0.29, 0.717) is 27.6 Å². The molecule has 5 nitrogen and oxygen atoms in total. The van der Waals surface area contributed by atoms with Gasteiger partial charge in [0, 0.05) is 10.6 Å². The Bertz CT molecular complexity index is 1060. The van der Waals surface area contributed by atoms with E-state index in [1.807, 2.05) is 11.4 Å². The number of methoxy groups -OCH3 is 1. The summed E-state index contributed by atoms with van der Waals surface area (Å²) in [4.78, 5) is 28.1. The SMILES string of the molecule is COc1ccc(N2C(=O)C(Nc3ccc(F)cc3)=C(c3cccs3)C2=O)cc1. The highest BCUT2D eigenvalue weighted by molar-refractivity contribution is 7.11. The van der Waals surface area contributed by atoms with Gasteiger partial charge < -0.3 is 10.1 Å². The summed E-state index contributed by atoms with van der Waals surface area (Å²) in [6, 6.07) is 15.9. The van der Waals surface area contributed by atoms with Gasteiger partial charge in [0.05, 0.1) is 18.4 Å². The van der Waals surface area contributed by atoms with Crippen LogP contribution in [0, 0.1) is 5.82 Å². The van der Waals surface area contributed by atoms with Gasteiger partial charge in [-0.25, -0.2) is 9.29 Å². The van der Waals surface area contributed by atoms with E-state index in [4.69, 9.17) is 4.74 Å². The Balaban J connectivity index is 1.75. The molecule has 0 atom stereocenters. The summed E-state index contributed by atoms with van der Waals surface area (Å²) in [5.74, 6) is -0.643. The molecule has 2 aromatic carbocycles. The minimum atomic E-state index is -0.470. The lowest BCUT2D eigenvalue weighted by Crippen LogP contribution is -2.32. The van der Waals surface area contributed by atoms with Crippen molar-refractivity contribution in [3.63, 3.8) is 0 Å². The Hall–Kier alpha value is -3.45. The molecule has 7 heteroatoms. The largest absolute Gasteiger partial charge is 0.497 e. The maximum atomic E-state index is 13.2. The van der Waals surface area contributed by atoms with Gasteiger partial charge in [-0.3, -0.25) is 9.59 Å². The molecule has 0 unspecified atom stereocenters. The molecule has 1 aliphatic rings. The van der Waals surface area contributed by atoms with Gasteiger partial charge in [0.15, 0.2) is 0 Å². The van der Waals surface area contributed by atoms with E-state index in [0.717, 1.165) is 4.90 Å². The summed E-state index contributed by atoms with van der Waals surface area (Å²) in [5, 5.41) is 4.83. The molecule has 0 aliphatic carbocycles. The second kappa shape index (κ2) is 7.28. The minimum Gasteiger partial charge on any atom is -0.497 e. The Kier molecular flexibility index (Phi) is 4.67. The maximum Gasteiger partial charge on any atom is 0.282 e. The Labute approximate surface area is 164 Å². The first-order chi connectivity index (χ1) is 13.6. The molecule has 3 aromatic rings. The highest BCUT2D eigenvalue weighted by Gasteiger charge is 2.40. The zero-order valence-corrected chi connectivity index (χ0v) is 15.6. The second-order valence-corrected chi connectivity index (χ2v) is 6.95. The van der Waals surface area contributed by atoms with Crippen LogP contribution in [0.15, 0.2) is 71.7 Å². The van der Waals surface area contributed by atoms with E-state index in [2.05, 4.69) is 5.32 Å². The van der Waals surface area contributed by atoms with Crippen molar-refractivity contribution in [2.45, 2.75) is 0 Å². The van der Waals surface area contributed by atoms with Crippen LogP contribution in [0.25, 0.3) is 5.57 Å². The van der Waals surface area contributed by atoms with Crippen molar-refractivity contribution in [2.75, 3.05) is 17.3 Å². The van der Waals surface area contributed by atoms with Gasteiger partial charge in [-0.15, -0.1) is 11.3 Å². The van der Waals surface area contributed by atoms with Crippen molar-refractivity contribution in [3.05, 3.63) is 82.4 Å². The number of amides is 2. The van der Waals surface area contributed by atoms with E-state index in [9.17, 15) is 14.0 Å². The number of hydrogen-bond acceptors (Lipinski definition) is 5. The number of ether oxygens (including phenoxy) is 1. The molecule has 0 radical (unpaired) electrons. The van der Waals surface area contributed by atoms with Crippen LogP contribution in [0.2, 0.25) is 0 Å². The molecule has 140 valence electrons. The number of hydrogen-bond donors (Lipinski definition) is 1. The normalized spacial score (nSPS) is 14.0. The van der Waals surface area contributed by atoms with Crippen LogP contribution in [-0.4, -0.2) is 18.9 Å². The predicted molar refractivity (Wildman–Crippen MR) is 107 cm³/mol. The summed E-state index contributed by atoms with van der Waals surface area (Å²) in [6.07, 6.45) is 0. The summed E-state index contributed by atoms with van der Waals surface area (Å²) >= 11 is 1.37. The first-order valence-electron chi connectivity index (χ1n) is 8.42. The second-order valence-electron chi connectivity index (χ2n) is 6.00. The standard InChI is InChI=1S/C21H15FN2O3S/c1-27-16-10-8-15(9-11-16)24-20(25)18(17-3-2-12-28-17)19(21(24)26)23-14-6-4-13(22)5-7-14/h2-12,23H,1H3. The highest BCUT2D eigenvalue weighted by Crippen LogP contribution is 2.35. The van der Waals surface area contributed by atoms with E-state index in [1.165, 1.54) is 35.6 Å². The molecule has 4 rings (SSSR count). The van der Waals surface area contributed by atoms with Crippen LogP contribution in [0.5, 0.6) is 5.75 Å². The average molecular weight is 394 g/mol. The number of thiophene rings is 1. The number of nitrogens with one attached hydrogen (secondary N) is 1. The molecular weight excluding hydrogens is 379 g/mol. The Morgan fingerprint density at radius 1 is 0.964 bits per heavy atom. The van der Waals surface area contributed by atoms with E-state index >= 15 is 0 Å². The molecule has 1 aliphatic heterocycles. The molecule has 2 heterocycles. The van der Waals surface area contributed by atoms with E-state index in [1.54, 1.807) is 37.4 Å². The maximum absolute atomic E-state index is 13.2. The third kappa shape index (κ3) is 3.16. The summed E-state index contributed by atoms with van der Waals surface area (Å²) in [6.45, 7) is 0. The van der Waals surface area contributed by atoms with Crippen LogP contribution in [0.1, 0.15) is 4.88 Å². The molecule has 0 bridgehead atoms.